The molecule has 0 aliphatic carbocycles. The van der Waals surface area contributed by atoms with Crippen LogP contribution >= 0.6 is 11.8 Å². The summed E-state index contributed by atoms with van der Waals surface area (Å²) in [5.41, 5.74) is 5.64. The minimum absolute atomic E-state index is 0.397. The lowest BCUT2D eigenvalue weighted by Gasteiger charge is -1.97. The monoisotopic (exact) mass is 169 g/mol. The van der Waals surface area contributed by atoms with Crippen LogP contribution in [-0.2, 0) is 6.54 Å². The summed E-state index contributed by atoms with van der Waals surface area (Å²) >= 11 is 1.65. The molecular weight excluding hydrogens is 162 g/mol. The molecule has 0 unspecified atom stereocenters. The molecule has 1 aliphatic rings. The maximum atomic E-state index is 10.8. The van der Waals surface area contributed by atoms with Gasteiger partial charge >= 0.3 is 0 Å². The van der Waals surface area contributed by atoms with Crippen LogP contribution in [-0.4, -0.2) is 21.2 Å². The Morgan fingerprint density at radius 3 is 3.36 bits per heavy atom. The summed E-state index contributed by atoms with van der Waals surface area (Å²) in [6.07, 6.45) is 1.53. The van der Waals surface area contributed by atoms with Gasteiger partial charge in [-0.25, -0.2) is 4.98 Å². The molecular formula is C6H7N3OS. The van der Waals surface area contributed by atoms with Crippen LogP contribution in [0.1, 0.15) is 10.5 Å². The zero-order valence-electron chi connectivity index (χ0n) is 5.78. The summed E-state index contributed by atoms with van der Waals surface area (Å²) in [6, 6.07) is 0. The van der Waals surface area contributed by atoms with Crippen LogP contribution in [0.2, 0.25) is 0 Å². The smallest absolute Gasteiger partial charge is 0.267 e. The van der Waals surface area contributed by atoms with E-state index in [0.717, 1.165) is 17.5 Å². The van der Waals surface area contributed by atoms with Crippen molar-refractivity contribution in [1.82, 2.24) is 9.55 Å². The normalized spacial score (nSPS) is 14.9. The number of nitrogens with zero attached hydrogens (tertiary/aromatic N) is 2. The molecule has 0 radical (unpaired) electrons. The Balaban J connectivity index is 2.50. The van der Waals surface area contributed by atoms with Crippen molar-refractivity contribution in [2.24, 2.45) is 5.73 Å². The van der Waals surface area contributed by atoms with E-state index in [1.54, 1.807) is 11.8 Å². The number of thioether (sulfide) groups is 1. The van der Waals surface area contributed by atoms with Crippen LogP contribution in [0.3, 0.4) is 0 Å². The Morgan fingerprint density at radius 2 is 2.64 bits per heavy atom. The molecule has 0 saturated heterocycles. The second-order valence-corrected chi connectivity index (χ2v) is 3.35. The lowest BCUT2D eigenvalue weighted by molar-refractivity contribution is 0.0991. The Hall–Kier alpha value is -0.970. The number of aromatic nitrogens is 2. The predicted octanol–water partition coefficient (Wildman–Crippen LogP) is 0.0877. The number of fused-ring (bicyclic) bond motifs is 1. The molecule has 4 nitrogen and oxygen atoms in total. The Labute approximate surface area is 67.8 Å². The molecule has 2 heterocycles. The van der Waals surface area contributed by atoms with Crippen LogP contribution in [0.5, 0.6) is 0 Å². The van der Waals surface area contributed by atoms with E-state index < -0.39 is 5.91 Å². The van der Waals surface area contributed by atoms with E-state index in [1.165, 1.54) is 6.20 Å². The first kappa shape index (κ1) is 6.72. The van der Waals surface area contributed by atoms with Crippen molar-refractivity contribution in [2.75, 3.05) is 5.75 Å². The summed E-state index contributed by atoms with van der Waals surface area (Å²) < 4.78 is 1.85. The van der Waals surface area contributed by atoms with E-state index in [1.807, 2.05) is 4.57 Å². The molecule has 2 rings (SSSR count). The van der Waals surface area contributed by atoms with Gasteiger partial charge in [-0.15, -0.1) is 0 Å². The summed E-state index contributed by atoms with van der Waals surface area (Å²) in [5.74, 6) is 0.593. The van der Waals surface area contributed by atoms with Crippen LogP contribution in [0.15, 0.2) is 11.4 Å². The van der Waals surface area contributed by atoms with Gasteiger partial charge in [-0.1, -0.05) is 11.8 Å². The molecule has 1 aromatic heterocycles. The molecule has 0 fully saturated rings. The average molecular weight is 169 g/mol. The van der Waals surface area contributed by atoms with Gasteiger partial charge in [0.25, 0.3) is 5.91 Å². The molecule has 1 aromatic rings. The first-order valence-corrected chi connectivity index (χ1v) is 4.26. The number of amides is 1. The molecule has 0 aromatic carbocycles. The number of primary amides is 1. The molecule has 0 bridgehead atoms. The zero-order chi connectivity index (χ0) is 7.84. The number of imidazole rings is 1. The van der Waals surface area contributed by atoms with E-state index in [9.17, 15) is 4.79 Å². The summed E-state index contributed by atoms with van der Waals surface area (Å²) in [5, 5.41) is 0.902. The number of carbonyl (C=O) groups is 1. The van der Waals surface area contributed by atoms with E-state index in [0.29, 0.717) is 5.69 Å². The van der Waals surface area contributed by atoms with E-state index in [-0.39, 0.29) is 0 Å². The quantitative estimate of drug-likeness (QED) is 0.648. The van der Waals surface area contributed by atoms with E-state index in [2.05, 4.69) is 4.98 Å². The van der Waals surface area contributed by atoms with Crippen LogP contribution in [0, 0.1) is 0 Å². The van der Waals surface area contributed by atoms with Crippen molar-refractivity contribution < 1.29 is 4.79 Å². The van der Waals surface area contributed by atoms with Crippen molar-refractivity contribution in [3.05, 3.63) is 11.9 Å². The first-order chi connectivity index (χ1) is 5.29. The van der Waals surface area contributed by atoms with Crippen molar-refractivity contribution >= 4 is 17.7 Å². The van der Waals surface area contributed by atoms with E-state index >= 15 is 0 Å². The standard InChI is InChI=1S/C6H7N3OS/c7-5(10)4-3-8-6-9(4)1-2-11-6/h3H,1-2H2,(H2,7,10). The van der Waals surface area contributed by atoms with Crippen LogP contribution in [0.25, 0.3) is 0 Å². The Bertz CT molecular complexity index is 307. The summed E-state index contributed by atoms with van der Waals surface area (Å²) in [6.45, 7) is 0.846. The van der Waals surface area contributed by atoms with Crippen molar-refractivity contribution in [3.8, 4) is 0 Å². The van der Waals surface area contributed by atoms with Crippen LogP contribution < -0.4 is 5.73 Å². The highest BCUT2D eigenvalue weighted by atomic mass is 32.2. The predicted molar refractivity (Wildman–Crippen MR) is 41.5 cm³/mol. The fourth-order valence-electron chi connectivity index (χ4n) is 1.11. The third kappa shape index (κ3) is 0.920. The number of carbonyl (C=O) groups excluding carboxylic acids is 1. The minimum Gasteiger partial charge on any atom is -0.364 e. The highest BCUT2D eigenvalue weighted by molar-refractivity contribution is 7.99. The number of hydrogen-bond acceptors (Lipinski definition) is 3. The van der Waals surface area contributed by atoms with Crippen molar-refractivity contribution in [3.63, 3.8) is 0 Å². The largest absolute Gasteiger partial charge is 0.364 e. The van der Waals surface area contributed by atoms with Gasteiger partial charge in [-0.05, 0) is 0 Å². The lowest BCUT2D eigenvalue weighted by atomic mass is 10.4. The SMILES string of the molecule is NC(=O)c1cnc2n1CCS2. The minimum atomic E-state index is -0.397. The number of hydrogen-bond donors (Lipinski definition) is 1. The molecule has 0 atom stereocenters. The molecule has 0 spiro atoms. The number of rotatable bonds is 1. The molecule has 2 N–H and O–H groups in total. The number of nitrogens with two attached hydrogens (primary N) is 1. The Morgan fingerprint density at radius 1 is 1.82 bits per heavy atom. The summed E-state index contributed by atoms with van der Waals surface area (Å²) in [7, 11) is 0. The van der Waals surface area contributed by atoms with Gasteiger partial charge in [0.2, 0.25) is 0 Å². The second-order valence-electron chi connectivity index (χ2n) is 2.29. The van der Waals surface area contributed by atoms with Gasteiger partial charge in [0.15, 0.2) is 5.16 Å². The highest BCUT2D eigenvalue weighted by Gasteiger charge is 2.18. The lowest BCUT2D eigenvalue weighted by Crippen LogP contribution is -2.16. The van der Waals surface area contributed by atoms with Crippen molar-refractivity contribution in [2.45, 2.75) is 11.7 Å². The van der Waals surface area contributed by atoms with Crippen LogP contribution in [0.4, 0.5) is 0 Å². The Kier molecular flexibility index (Phi) is 1.38. The van der Waals surface area contributed by atoms with Gasteiger partial charge < -0.3 is 10.3 Å². The molecule has 0 saturated carbocycles. The fraction of sp³-hybridized carbons (Fsp3) is 0.333. The molecule has 1 aliphatic heterocycles. The third-order valence-corrected chi connectivity index (χ3v) is 2.59. The van der Waals surface area contributed by atoms with Crippen molar-refractivity contribution in [1.29, 1.82) is 0 Å². The molecule has 58 valence electrons. The van der Waals surface area contributed by atoms with Gasteiger partial charge in [0, 0.05) is 12.3 Å². The fourth-order valence-corrected chi connectivity index (χ4v) is 2.04. The molecule has 5 heteroatoms. The maximum Gasteiger partial charge on any atom is 0.267 e. The first-order valence-electron chi connectivity index (χ1n) is 3.27. The molecule has 11 heavy (non-hydrogen) atoms. The zero-order valence-corrected chi connectivity index (χ0v) is 6.60. The summed E-state index contributed by atoms with van der Waals surface area (Å²) in [4.78, 5) is 14.8. The highest BCUT2D eigenvalue weighted by Crippen LogP contribution is 2.24. The third-order valence-electron chi connectivity index (χ3n) is 1.62. The second kappa shape index (κ2) is 2.27. The van der Waals surface area contributed by atoms with Gasteiger partial charge in [-0.2, -0.15) is 0 Å². The topological polar surface area (TPSA) is 60.9 Å². The van der Waals surface area contributed by atoms with E-state index in [4.69, 9.17) is 5.73 Å². The van der Waals surface area contributed by atoms with Gasteiger partial charge in [0.1, 0.15) is 5.69 Å². The average Bonchev–Trinajstić information content (AvgIpc) is 2.41. The van der Waals surface area contributed by atoms with Gasteiger partial charge in [0.05, 0.1) is 6.20 Å². The van der Waals surface area contributed by atoms with Gasteiger partial charge in [-0.3, -0.25) is 4.79 Å². The molecule has 1 amide bonds. The maximum absolute atomic E-state index is 10.8.